The summed E-state index contributed by atoms with van der Waals surface area (Å²) in [6.45, 7) is 8.55. The molecule has 0 atom stereocenters. The van der Waals surface area contributed by atoms with Crippen molar-refractivity contribution >= 4 is 32.7 Å². The third kappa shape index (κ3) is 3.23. The van der Waals surface area contributed by atoms with Gasteiger partial charge in [-0.2, -0.15) is 0 Å². The van der Waals surface area contributed by atoms with Gasteiger partial charge in [-0.05, 0) is 35.7 Å². The van der Waals surface area contributed by atoms with Gasteiger partial charge >= 0.3 is 0 Å². The van der Waals surface area contributed by atoms with Gasteiger partial charge in [0.15, 0.2) is 0 Å². The van der Waals surface area contributed by atoms with Gasteiger partial charge in [0, 0.05) is 39.1 Å². The second-order valence-electron chi connectivity index (χ2n) is 9.36. The molecule has 33 heavy (non-hydrogen) atoms. The largest absolute Gasteiger partial charge is 0.455 e. The van der Waals surface area contributed by atoms with Crippen molar-refractivity contribution in [2.24, 2.45) is 0 Å². The van der Waals surface area contributed by atoms with Gasteiger partial charge in [0.05, 0.1) is 23.8 Å². The molecule has 0 saturated heterocycles. The Bertz CT molecular complexity index is 1630. The standard InChI is InChI=1S/C28H26N4O/c1-15(2)27-29-13-23(31-27)18-6-8-20-17(11-18)5-10-22-21-9-7-19(12-25(21)33-26(20)22)24-14-30-28(32-24)16(3)4/h5-16H,1-4H3,(H,29,31)(H,30,32). The van der Waals surface area contributed by atoms with E-state index in [1.807, 2.05) is 12.4 Å². The van der Waals surface area contributed by atoms with Crippen LogP contribution in [0.2, 0.25) is 0 Å². The molecule has 2 N–H and O–H groups in total. The zero-order chi connectivity index (χ0) is 22.7. The molecule has 164 valence electrons. The lowest BCUT2D eigenvalue weighted by Gasteiger charge is -2.03. The number of benzene rings is 3. The van der Waals surface area contributed by atoms with Gasteiger partial charge in [-0.3, -0.25) is 0 Å². The van der Waals surface area contributed by atoms with E-state index in [2.05, 4.69) is 96.2 Å². The molecular formula is C28H26N4O. The summed E-state index contributed by atoms with van der Waals surface area (Å²) in [5.74, 6) is 2.74. The number of aromatic amines is 2. The monoisotopic (exact) mass is 434 g/mol. The lowest BCUT2D eigenvalue weighted by molar-refractivity contribution is 0.673. The molecule has 0 spiro atoms. The van der Waals surface area contributed by atoms with E-state index in [0.717, 1.165) is 66.9 Å². The van der Waals surface area contributed by atoms with Gasteiger partial charge < -0.3 is 14.4 Å². The SMILES string of the molecule is CC(C)c1ncc(-c2ccc3c(ccc4c5ccc(-c6cnc(C(C)C)[nH]6)cc5oc34)c2)[nH]1. The van der Waals surface area contributed by atoms with Crippen LogP contribution in [0.25, 0.3) is 55.2 Å². The first kappa shape index (κ1) is 19.8. The van der Waals surface area contributed by atoms with Crippen molar-refractivity contribution in [3.05, 3.63) is 72.6 Å². The zero-order valence-electron chi connectivity index (χ0n) is 19.2. The molecule has 0 aliphatic heterocycles. The van der Waals surface area contributed by atoms with E-state index in [1.54, 1.807) is 0 Å². The van der Waals surface area contributed by atoms with Crippen molar-refractivity contribution in [3.8, 4) is 22.5 Å². The summed E-state index contributed by atoms with van der Waals surface area (Å²) in [5.41, 5.74) is 6.06. The van der Waals surface area contributed by atoms with Crippen LogP contribution in [0.1, 0.15) is 51.2 Å². The van der Waals surface area contributed by atoms with Crippen LogP contribution in [0.5, 0.6) is 0 Å². The Kier molecular flexibility index (Phi) is 4.40. The highest BCUT2D eigenvalue weighted by atomic mass is 16.3. The van der Waals surface area contributed by atoms with Crippen LogP contribution in [0.15, 0.2) is 65.3 Å². The van der Waals surface area contributed by atoms with E-state index >= 15 is 0 Å². The predicted octanol–water partition coefficient (Wildman–Crippen LogP) is 7.77. The number of imidazole rings is 2. The third-order valence-corrected chi connectivity index (χ3v) is 6.36. The lowest BCUT2D eigenvalue weighted by atomic mass is 10.0. The summed E-state index contributed by atoms with van der Waals surface area (Å²) >= 11 is 0. The molecule has 0 bridgehead atoms. The summed E-state index contributed by atoms with van der Waals surface area (Å²) in [5, 5.41) is 4.52. The van der Waals surface area contributed by atoms with Crippen LogP contribution in [-0.4, -0.2) is 19.9 Å². The minimum Gasteiger partial charge on any atom is -0.455 e. The number of nitrogens with zero attached hydrogens (tertiary/aromatic N) is 2. The highest BCUT2D eigenvalue weighted by Crippen LogP contribution is 2.37. The average molecular weight is 435 g/mol. The lowest BCUT2D eigenvalue weighted by Crippen LogP contribution is -1.89. The van der Waals surface area contributed by atoms with E-state index in [1.165, 1.54) is 0 Å². The fourth-order valence-corrected chi connectivity index (χ4v) is 4.45. The number of nitrogens with one attached hydrogen (secondary N) is 2. The van der Waals surface area contributed by atoms with Crippen molar-refractivity contribution in [2.45, 2.75) is 39.5 Å². The minimum atomic E-state index is 0.364. The van der Waals surface area contributed by atoms with Crippen LogP contribution in [0, 0.1) is 0 Å². The Balaban J connectivity index is 1.45. The summed E-state index contributed by atoms with van der Waals surface area (Å²) in [7, 11) is 0. The minimum absolute atomic E-state index is 0.364. The van der Waals surface area contributed by atoms with Crippen molar-refractivity contribution in [1.82, 2.24) is 19.9 Å². The van der Waals surface area contributed by atoms with Crippen LogP contribution in [-0.2, 0) is 0 Å². The number of rotatable bonds is 4. The molecule has 0 saturated carbocycles. The summed E-state index contributed by atoms with van der Waals surface area (Å²) in [4.78, 5) is 15.9. The number of hydrogen-bond acceptors (Lipinski definition) is 3. The summed E-state index contributed by atoms with van der Waals surface area (Å²) in [6.07, 6.45) is 3.81. The Morgan fingerprint density at radius 3 is 1.85 bits per heavy atom. The molecule has 5 heteroatoms. The normalized spacial score (nSPS) is 12.2. The quantitative estimate of drug-likeness (QED) is 0.298. The van der Waals surface area contributed by atoms with E-state index < -0.39 is 0 Å². The smallest absolute Gasteiger partial charge is 0.143 e. The molecule has 6 rings (SSSR count). The zero-order valence-corrected chi connectivity index (χ0v) is 19.2. The van der Waals surface area contributed by atoms with Crippen molar-refractivity contribution in [3.63, 3.8) is 0 Å². The Hall–Kier alpha value is -3.86. The first-order valence-electron chi connectivity index (χ1n) is 11.5. The number of furan rings is 1. The van der Waals surface area contributed by atoms with Gasteiger partial charge in [-0.1, -0.05) is 45.9 Å². The highest BCUT2D eigenvalue weighted by Gasteiger charge is 2.14. The topological polar surface area (TPSA) is 70.5 Å². The van der Waals surface area contributed by atoms with Gasteiger partial charge in [0.2, 0.25) is 0 Å². The molecule has 0 radical (unpaired) electrons. The van der Waals surface area contributed by atoms with Crippen molar-refractivity contribution < 1.29 is 4.42 Å². The highest BCUT2D eigenvalue weighted by molar-refractivity contribution is 6.15. The van der Waals surface area contributed by atoms with Crippen LogP contribution in [0.3, 0.4) is 0 Å². The van der Waals surface area contributed by atoms with Crippen LogP contribution < -0.4 is 0 Å². The molecule has 0 aliphatic carbocycles. The number of H-pyrrole nitrogens is 2. The Morgan fingerprint density at radius 1 is 0.667 bits per heavy atom. The molecule has 0 amide bonds. The van der Waals surface area contributed by atoms with Crippen LogP contribution in [0.4, 0.5) is 0 Å². The maximum absolute atomic E-state index is 6.41. The van der Waals surface area contributed by atoms with E-state index in [4.69, 9.17) is 4.42 Å². The van der Waals surface area contributed by atoms with E-state index in [-0.39, 0.29) is 0 Å². The number of aromatic nitrogens is 4. The number of hydrogen-bond donors (Lipinski definition) is 2. The average Bonchev–Trinajstić information content (AvgIpc) is 3.56. The second kappa shape index (κ2) is 7.34. The molecule has 0 fully saturated rings. The van der Waals surface area contributed by atoms with E-state index in [0.29, 0.717) is 11.8 Å². The van der Waals surface area contributed by atoms with Crippen LogP contribution >= 0.6 is 0 Å². The maximum Gasteiger partial charge on any atom is 0.143 e. The Morgan fingerprint density at radius 2 is 1.24 bits per heavy atom. The van der Waals surface area contributed by atoms with Crippen molar-refractivity contribution in [1.29, 1.82) is 0 Å². The molecule has 3 aromatic carbocycles. The fraction of sp³-hybridized carbons (Fsp3) is 0.214. The van der Waals surface area contributed by atoms with Gasteiger partial charge in [0.25, 0.3) is 0 Å². The summed E-state index contributed by atoms with van der Waals surface area (Å²) in [6, 6.07) is 17.2. The molecule has 0 aliphatic rings. The molecule has 5 nitrogen and oxygen atoms in total. The fourth-order valence-electron chi connectivity index (χ4n) is 4.45. The maximum atomic E-state index is 6.41. The molecular weight excluding hydrogens is 408 g/mol. The molecule has 3 heterocycles. The predicted molar refractivity (Wildman–Crippen MR) is 135 cm³/mol. The molecule has 3 aromatic heterocycles. The first-order chi connectivity index (χ1) is 16.0. The van der Waals surface area contributed by atoms with Gasteiger partial charge in [0.1, 0.15) is 22.8 Å². The Labute approximate surface area is 191 Å². The molecule has 0 unspecified atom stereocenters. The summed E-state index contributed by atoms with van der Waals surface area (Å²) < 4.78 is 6.41. The van der Waals surface area contributed by atoms with Crippen molar-refractivity contribution in [2.75, 3.05) is 0 Å². The van der Waals surface area contributed by atoms with Gasteiger partial charge in [-0.15, -0.1) is 0 Å². The number of fused-ring (bicyclic) bond motifs is 5. The molecule has 6 aromatic rings. The third-order valence-electron chi connectivity index (χ3n) is 6.36. The van der Waals surface area contributed by atoms with E-state index in [9.17, 15) is 0 Å². The van der Waals surface area contributed by atoms with Gasteiger partial charge in [-0.25, -0.2) is 9.97 Å². The first-order valence-corrected chi connectivity index (χ1v) is 11.5. The second-order valence-corrected chi connectivity index (χ2v) is 9.36.